The molecule has 0 saturated heterocycles. The molecule has 0 aliphatic rings. The van der Waals surface area contributed by atoms with E-state index in [2.05, 4.69) is 15.5 Å². The average molecular weight is 267 g/mol. The Kier molecular flexibility index (Phi) is 5.35. The number of amides is 1. The second kappa shape index (κ2) is 6.77. The highest BCUT2D eigenvalue weighted by Crippen LogP contribution is 2.14. The number of aryl methyl sites for hydroxylation is 1. The van der Waals surface area contributed by atoms with Crippen molar-refractivity contribution in [2.45, 2.75) is 33.2 Å². The van der Waals surface area contributed by atoms with Crippen LogP contribution in [0.4, 0.5) is 0 Å². The van der Waals surface area contributed by atoms with Crippen LogP contribution in [0.3, 0.4) is 0 Å². The fraction of sp³-hybridized carbons (Fsp3) is 0.583. The van der Waals surface area contributed by atoms with E-state index in [0.717, 1.165) is 19.4 Å². The highest BCUT2D eigenvalue weighted by atomic mass is 16.4. The first-order valence-corrected chi connectivity index (χ1v) is 6.20. The van der Waals surface area contributed by atoms with Gasteiger partial charge in [0.1, 0.15) is 5.41 Å². The van der Waals surface area contributed by atoms with Crippen LogP contribution in [0.25, 0.3) is 0 Å². The summed E-state index contributed by atoms with van der Waals surface area (Å²) in [4.78, 5) is 15.8. The Morgan fingerprint density at radius 1 is 1.53 bits per heavy atom. The van der Waals surface area contributed by atoms with E-state index >= 15 is 0 Å². The van der Waals surface area contributed by atoms with Gasteiger partial charge in [0.05, 0.1) is 6.33 Å². The van der Waals surface area contributed by atoms with E-state index < -0.39 is 5.41 Å². The standard InChI is InChI=1S/C12H21N5O2/c1-12(2,10(13)16-19)11(18)15-5-3-4-7-17-8-6-14-9-17/h6,8-9,19H,3-5,7H2,1-2H3,(H2,13,16)(H,15,18). The zero-order valence-electron chi connectivity index (χ0n) is 11.3. The van der Waals surface area contributed by atoms with E-state index in [-0.39, 0.29) is 11.7 Å². The van der Waals surface area contributed by atoms with Gasteiger partial charge in [-0.15, -0.1) is 0 Å². The molecule has 1 aromatic heterocycles. The molecule has 0 aliphatic heterocycles. The van der Waals surface area contributed by atoms with Gasteiger partial charge < -0.3 is 20.8 Å². The molecule has 1 amide bonds. The van der Waals surface area contributed by atoms with E-state index in [1.165, 1.54) is 0 Å². The summed E-state index contributed by atoms with van der Waals surface area (Å²) in [6, 6.07) is 0. The van der Waals surface area contributed by atoms with Crippen molar-refractivity contribution in [1.82, 2.24) is 14.9 Å². The van der Waals surface area contributed by atoms with Crippen LogP contribution in [-0.4, -0.2) is 33.0 Å². The molecule has 106 valence electrons. The van der Waals surface area contributed by atoms with Crippen LogP contribution in [0.15, 0.2) is 23.9 Å². The van der Waals surface area contributed by atoms with Crippen LogP contribution >= 0.6 is 0 Å². The molecule has 0 aliphatic carbocycles. The number of rotatable bonds is 7. The second-order valence-electron chi connectivity index (χ2n) is 4.87. The van der Waals surface area contributed by atoms with Crippen molar-refractivity contribution < 1.29 is 10.0 Å². The summed E-state index contributed by atoms with van der Waals surface area (Å²) < 4.78 is 1.99. The third kappa shape index (κ3) is 4.27. The van der Waals surface area contributed by atoms with Crippen LogP contribution < -0.4 is 11.1 Å². The molecule has 7 nitrogen and oxygen atoms in total. The van der Waals surface area contributed by atoms with E-state index in [9.17, 15) is 4.79 Å². The maximum atomic E-state index is 11.9. The predicted octanol–water partition coefficient (Wildman–Crippen LogP) is 0.552. The van der Waals surface area contributed by atoms with Crippen molar-refractivity contribution in [2.75, 3.05) is 6.54 Å². The summed E-state index contributed by atoms with van der Waals surface area (Å²) in [7, 11) is 0. The van der Waals surface area contributed by atoms with Crippen LogP contribution in [0.2, 0.25) is 0 Å². The van der Waals surface area contributed by atoms with E-state index in [1.54, 1.807) is 26.4 Å². The van der Waals surface area contributed by atoms with Crippen molar-refractivity contribution in [1.29, 1.82) is 0 Å². The van der Waals surface area contributed by atoms with Gasteiger partial charge in [0.15, 0.2) is 5.84 Å². The molecule has 1 aromatic rings. The first kappa shape index (κ1) is 15.0. The maximum Gasteiger partial charge on any atom is 0.233 e. The van der Waals surface area contributed by atoms with E-state index in [4.69, 9.17) is 10.9 Å². The Labute approximate surface area is 112 Å². The van der Waals surface area contributed by atoms with Gasteiger partial charge in [0, 0.05) is 25.5 Å². The van der Waals surface area contributed by atoms with Crippen molar-refractivity contribution in [3.8, 4) is 0 Å². The maximum absolute atomic E-state index is 11.9. The summed E-state index contributed by atoms with van der Waals surface area (Å²) in [5, 5.41) is 14.3. The molecule has 0 saturated carbocycles. The number of nitrogens with zero attached hydrogens (tertiary/aromatic N) is 3. The number of imidazole rings is 1. The van der Waals surface area contributed by atoms with Gasteiger partial charge in [-0.05, 0) is 26.7 Å². The normalized spacial score (nSPS) is 12.4. The Balaban J connectivity index is 2.24. The molecule has 0 unspecified atom stereocenters. The highest BCUT2D eigenvalue weighted by Gasteiger charge is 2.32. The van der Waals surface area contributed by atoms with Crippen LogP contribution in [-0.2, 0) is 11.3 Å². The van der Waals surface area contributed by atoms with Crippen LogP contribution in [0, 0.1) is 5.41 Å². The van der Waals surface area contributed by atoms with Gasteiger partial charge in [0.25, 0.3) is 0 Å². The lowest BCUT2D eigenvalue weighted by Crippen LogP contribution is -2.46. The summed E-state index contributed by atoms with van der Waals surface area (Å²) in [6.45, 7) is 4.67. The Bertz CT molecular complexity index is 425. The van der Waals surface area contributed by atoms with Gasteiger partial charge in [-0.1, -0.05) is 5.16 Å². The third-order valence-corrected chi connectivity index (χ3v) is 3.00. The van der Waals surface area contributed by atoms with Crippen LogP contribution in [0.1, 0.15) is 26.7 Å². The van der Waals surface area contributed by atoms with E-state index in [0.29, 0.717) is 6.54 Å². The minimum atomic E-state index is -1.00. The number of carbonyl (C=O) groups is 1. The lowest BCUT2D eigenvalue weighted by Gasteiger charge is -2.21. The highest BCUT2D eigenvalue weighted by molar-refractivity contribution is 6.05. The lowest BCUT2D eigenvalue weighted by molar-refractivity contribution is -0.126. The van der Waals surface area contributed by atoms with Crippen molar-refractivity contribution in [3.63, 3.8) is 0 Å². The topological polar surface area (TPSA) is 106 Å². The smallest absolute Gasteiger partial charge is 0.233 e. The molecule has 0 atom stereocenters. The summed E-state index contributed by atoms with van der Waals surface area (Å²) in [5.74, 6) is -0.339. The number of carbonyl (C=O) groups excluding carboxylic acids is 1. The van der Waals surface area contributed by atoms with Crippen molar-refractivity contribution >= 4 is 11.7 Å². The molecule has 4 N–H and O–H groups in total. The number of amidine groups is 1. The number of nitrogens with one attached hydrogen (secondary N) is 1. The quantitative estimate of drug-likeness (QED) is 0.220. The number of hydrogen-bond donors (Lipinski definition) is 3. The zero-order chi connectivity index (χ0) is 14.3. The van der Waals surface area contributed by atoms with Crippen LogP contribution in [0.5, 0.6) is 0 Å². The lowest BCUT2D eigenvalue weighted by atomic mass is 9.91. The molecule has 1 rings (SSSR count). The summed E-state index contributed by atoms with van der Waals surface area (Å²) in [6.07, 6.45) is 7.21. The molecular weight excluding hydrogens is 246 g/mol. The summed E-state index contributed by atoms with van der Waals surface area (Å²) in [5.41, 5.74) is 4.47. The Morgan fingerprint density at radius 2 is 2.26 bits per heavy atom. The molecule has 0 radical (unpaired) electrons. The van der Waals surface area contributed by atoms with Gasteiger partial charge >= 0.3 is 0 Å². The Hall–Kier alpha value is -2.05. The van der Waals surface area contributed by atoms with E-state index in [1.807, 2.05) is 10.8 Å². The third-order valence-electron chi connectivity index (χ3n) is 3.00. The van der Waals surface area contributed by atoms with Gasteiger partial charge in [-0.25, -0.2) is 4.98 Å². The fourth-order valence-corrected chi connectivity index (χ4v) is 1.50. The SMILES string of the molecule is CC(C)(C(=O)NCCCCn1ccnc1)C(N)=NO. The number of hydrogen-bond acceptors (Lipinski definition) is 4. The average Bonchev–Trinajstić information content (AvgIpc) is 2.90. The Morgan fingerprint density at radius 3 is 2.84 bits per heavy atom. The minimum absolute atomic E-state index is 0.0941. The number of aromatic nitrogens is 2. The second-order valence-corrected chi connectivity index (χ2v) is 4.87. The van der Waals surface area contributed by atoms with Gasteiger partial charge in [0.2, 0.25) is 5.91 Å². The van der Waals surface area contributed by atoms with Gasteiger partial charge in [-0.3, -0.25) is 4.79 Å². The van der Waals surface area contributed by atoms with Gasteiger partial charge in [-0.2, -0.15) is 0 Å². The fourth-order valence-electron chi connectivity index (χ4n) is 1.50. The number of unbranched alkanes of at least 4 members (excludes halogenated alkanes) is 1. The molecule has 0 bridgehead atoms. The zero-order valence-corrected chi connectivity index (χ0v) is 11.3. The molecule has 0 spiro atoms. The summed E-state index contributed by atoms with van der Waals surface area (Å²) >= 11 is 0. The largest absolute Gasteiger partial charge is 0.409 e. The monoisotopic (exact) mass is 267 g/mol. The van der Waals surface area contributed by atoms with Crippen molar-refractivity contribution in [3.05, 3.63) is 18.7 Å². The predicted molar refractivity (Wildman–Crippen MR) is 71.7 cm³/mol. The minimum Gasteiger partial charge on any atom is -0.409 e. The van der Waals surface area contributed by atoms with Crippen molar-refractivity contribution in [2.24, 2.45) is 16.3 Å². The molecule has 7 heteroatoms. The number of nitrogens with two attached hydrogens (primary N) is 1. The molecule has 1 heterocycles. The molecule has 0 fully saturated rings. The molecule has 0 aromatic carbocycles. The first-order valence-electron chi connectivity index (χ1n) is 6.20. The number of oxime groups is 1. The molecular formula is C12H21N5O2. The molecule has 19 heavy (non-hydrogen) atoms. The first-order chi connectivity index (χ1) is 8.98.